The summed E-state index contributed by atoms with van der Waals surface area (Å²) in [6, 6.07) is 7.63. The highest BCUT2D eigenvalue weighted by molar-refractivity contribution is 5.97. The minimum absolute atomic E-state index is 0.000301. The lowest BCUT2D eigenvalue weighted by molar-refractivity contribution is -0.130. The van der Waals surface area contributed by atoms with Gasteiger partial charge in [-0.1, -0.05) is 17.7 Å². The molecule has 1 heterocycles. The van der Waals surface area contributed by atoms with E-state index in [-0.39, 0.29) is 30.2 Å². The molecule has 1 aliphatic heterocycles. The number of ether oxygens (including phenoxy) is 1. The summed E-state index contributed by atoms with van der Waals surface area (Å²) in [6.45, 7) is 4.87. The van der Waals surface area contributed by atoms with Gasteiger partial charge in [0.15, 0.2) is 0 Å². The fourth-order valence-corrected chi connectivity index (χ4v) is 2.55. The Morgan fingerprint density at radius 1 is 1.43 bits per heavy atom. The first kappa shape index (κ1) is 15.5. The number of carbonyl (C=O) groups excluding carboxylic acids is 2. The molecule has 0 aliphatic carbocycles. The number of rotatable bonds is 5. The van der Waals surface area contributed by atoms with Crippen LogP contribution in [-0.2, 0) is 14.3 Å². The van der Waals surface area contributed by atoms with Crippen molar-refractivity contribution in [2.45, 2.75) is 26.3 Å². The van der Waals surface area contributed by atoms with Gasteiger partial charge < -0.3 is 15.0 Å². The van der Waals surface area contributed by atoms with E-state index in [1.807, 2.05) is 38.1 Å². The molecule has 0 aromatic heterocycles. The smallest absolute Gasteiger partial charge is 0.229 e. The zero-order chi connectivity index (χ0) is 15.4. The molecule has 1 aromatic carbocycles. The average Bonchev–Trinajstić information content (AvgIpc) is 2.84. The summed E-state index contributed by atoms with van der Waals surface area (Å²) in [5.41, 5.74) is 1.91. The number of amides is 2. The van der Waals surface area contributed by atoms with E-state index >= 15 is 0 Å². The van der Waals surface area contributed by atoms with Crippen LogP contribution in [0.4, 0.5) is 5.69 Å². The van der Waals surface area contributed by atoms with E-state index in [4.69, 9.17) is 4.74 Å². The van der Waals surface area contributed by atoms with Crippen LogP contribution < -0.4 is 5.32 Å². The number of nitrogens with one attached hydrogen (secondary N) is 1. The molecule has 114 valence electrons. The van der Waals surface area contributed by atoms with Crippen molar-refractivity contribution >= 4 is 17.5 Å². The van der Waals surface area contributed by atoms with Crippen LogP contribution in [0.2, 0.25) is 0 Å². The second-order valence-corrected chi connectivity index (χ2v) is 5.61. The number of aryl methyl sites for hydroxylation is 1. The summed E-state index contributed by atoms with van der Waals surface area (Å²) < 4.78 is 5.07. The van der Waals surface area contributed by atoms with Gasteiger partial charge in [-0.05, 0) is 26.0 Å². The van der Waals surface area contributed by atoms with Gasteiger partial charge in [0.2, 0.25) is 11.8 Å². The number of likely N-dealkylation sites (tertiary alicyclic amines) is 1. The molecule has 2 rings (SSSR count). The predicted molar refractivity (Wildman–Crippen MR) is 81.0 cm³/mol. The predicted octanol–water partition coefficient (Wildman–Crippen LogP) is 1.82. The quantitative estimate of drug-likeness (QED) is 0.900. The molecule has 1 saturated heterocycles. The van der Waals surface area contributed by atoms with Gasteiger partial charge in [0.25, 0.3) is 0 Å². The first-order valence-corrected chi connectivity index (χ1v) is 7.17. The summed E-state index contributed by atoms with van der Waals surface area (Å²) in [7, 11) is 1.61. The molecule has 0 radical (unpaired) electrons. The average molecular weight is 290 g/mol. The van der Waals surface area contributed by atoms with E-state index in [0.717, 1.165) is 11.3 Å². The number of nitrogens with zero attached hydrogens (tertiary/aromatic N) is 1. The van der Waals surface area contributed by atoms with Gasteiger partial charge in [-0.3, -0.25) is 9.59 Å². The fraction of sp³-hybridized carbons (Fsp3) is 0.500. The summed E-state index contributed by atoms with van der Waals surface area (Å²) in [5.74, 6) is -0.374. The second kappa shape index (κ2) is 6.72. The van der Waals surface area contributed by atoms with E-state index in [9.17, 15) is 9.59 Å². The highest BCUT2D eigenvalue weighted by atomic mass is 16.5. The number of hydrogen-bond acceptors (Lipinski definition) is 3. The van der Waals surface area contributed by atoms with E-state index in [1.165, 1.54) is 0 Å². The molecule has 0 saturated carbocycles. The lowest BCUT2D eigenvalue weighted by atomic mass is 10.1. The molecule has 21 heavy (non-hydrogen) atoms. The lowest BCUT2D eigenvalue weighted by Crippen LogP contribution is -2.38. The number of carbonyl (C=O) groups is 2. The fourth-order valence-electron chi connectivity index (χ4n) is 2.55. The Bertz CT molecular complexity index is 513. The summed E-state index contributed by atoms with van der Waals surface area (Å²) in [6.07, 6.45) is 0.270. The highest BCUT2D eigenvalue weighted by Crippen LogP contribution is 2.22. The van der Waals surface area contributed by atoms with Crippen LogP contribution in [0.5, 0.6) is 0 Å². The van der Waals surface area contributed by atoms with Gasteiger partial charge in [0.05, 0.1) is 18.6 Å². The Labute approximate surface area is 125 Å². The van der Waals surface area contributed by atoms with Crippen molar-refractivity contribution in [3.8, 4) is 0 Å². The molecular weight excluding hydrogens is 268 g/mol. The number of anilines is 1. The van der Waals surface area contributed by atoms with Crippen LogP contribution >= 0.6 is 0 Å². The van der Waals surface area contributed by atoms with Crippen LogP contribution in [0.3, 0.4) is 0 Å². The number of methoxy groups -OCH3 is 1. The largest absolute Gasteiger partial charge is 0.383 e. The third-order valence-corrected chi connectivity index (χ3v) is 3.79. The molecule has 0 spiro atoms. The Balaban J connectivity index is 1.95. The molecule has 5 nitrogen and oxygen atoms in total. The van der Waals surface area contributed by atoms with Crippen molar-refractivity contribution in [3.63, 3.8) is 0 Å². The molecule has 2 atom stereocenters. The van der Waals surface area contributed by atoms with Gasteiger partial charge in [0, 0.05) is 25.8 Å². The minimum atomic E-state index is -0.293. The second-order valence-electron chi connectivity index (χ2n) is 5.61. The van der Waals surface area contributed by atoms with Crippen molar-refractivity contribution < 1.29 is 14.3 Å². The Morgan fingerprint density at radius 2 is 2.10 bits per heavy atom. The van der Waals surface area contributed by atoms with Gasteiger partial charge >= 0.3 is 0 Å². The molecule has 5 heteroatoms. The standard InChI is InChI=1S/C16H22N2O3/c1-11-4-6-14(7-5-11)17-16(20)13-8-15(19)18(9-13)12(2)10-21-3/h4-7,12-13H,8-10H2,1-3H3,(H,17,20)/t12-,13-/m1/s1. The summed E-state index contributed by atoms with van der Waals surface area (Å²) in [4.78, 5) is 26.0. The van der Waals surface area contributed by atoms with E-state index in [0.29, 0.717) is 13.2 Å². The van der Waals surface area contributed by atoms with Crippen molar-refractivity contribution in [2.75, 3.05) is 25.6 Å². The summed E-state index contributed by atoms with van der Waals surface area (Å²) >= 11 is 0. The maximum atomic E-state index is 12.2. The van der Waals surface area contributed by atoms with Crippen molar-refractivity contribution in [3.05, 3.63) is 29.8 Å². The number of benzene rings is 1. The Kier molecular flexibility index (Phi) is 4.96. The van der Waals surface area contributed by atoms with Crippen LogP contribution in [0.1, 0.15) is 18.9 Å². The van der Waals surface area contributed by atoms with Crippen LogP contribution in [0.25, 0.3) is 0 Å². The lowest BCUT2D eigenvalue weighted by Gasteiger charge is -2.23. The van der Waals surface area contributed by atoms with Crippen molar-refractivity contribution in [2.24, 2.45) is 5.92 Å². The normalized spacial score (nSPS) is 19.7. The minimum Gasteiger partial charge on any atom is -0.383 e. The zero-order valence-corrected chi connectivity index (χ0v) is 12.8. The molecular formula is C16H22N2O3. The third kappa shape index (κ3) is 3.82. The molecule has 2 amide bonds. The monoisotopic (exact) mass is 290 g/mol. The van der Waals surface area contributed by atoms with Crippen LogP contribution in [0.15, 0.2) is 24.3 Å². The van der Waals surface area contributed by atoms with Gasteiger partial charge in [-0.15, -0.1) is 0 Å². The maximum Gasteiger partial charge on any atom is 0.229 e. The van der Waals surface area contributed by atoms with E-state index < -0.39 is 0 Å². The number of hydrogen-bond donors (Lipinski definition) is 1. The Hall–Kier alpha value is -1.88. The summed E-state index contributed by atoms with van der Waals surface area (Å²) in [5, 5.41) is 2.87. The highest BCUT2D eigenvalue weighted by Gasteiger charge is 2.36. The first-order chi connectivity index (χ1) is 10.0. The maximum absolute atomic E-state index is 12.2. The zero-order valence-electron chi connectivity index (χ0n) is 12.8. The Morgan fingerprint density at radius 3 is 2.71 bits per heavy atom. The molecule has 1 aliphatic rings. The SMILES string of the molecule is COC[C@@H](C)N1C[C@H](C(=O)Nc2ccc(C)cc2)CC1=O. The topological polar surface area (TPSA) is 58.6 Å². The first-order valence-electron chi connectivity index (χ1n) is 7.17. The van der Waals surface area contributed by atoms with Crippen molar-refractivity contribution in [1.82, 2.24) is 4.90 Å². The van der Waals surface area contributed by atoms with E-state index in [2.05, 4.69) is 5.32 Å². The molecule has 0 bridgehead atoms. The molecule has 1 aromatic rings. The van der Waals surface area contributed by atoms with Crippen molar-refractivity contribution in [1.29, 1.82) is 0 Å². The van der Waals surface area contributed by atoms with Gasteiger partial charge in [-0.2, -0.15) is 0 Å². The van der Waals surface area contributed by atoms with Gasteiger partial charge in [0.1, 0.15) is 0 Å². The van der Waals surface area contributed by atoms with Crippen LogP contribution in [-0.4, -0.2) is 43.0 Å². The van der Waals surface area contributed by atoms with Crippen LogP contribution in [0, 0.1) is 12.8 Å². The third-order valence-electron chi connectivity index (χ3n) is 3.79. The van der Waals surface area contributed by atoms with E-state index in [1.54, 1.807) is 12.0 Å². The molecule has 1 fully saturated rings. The molecule has 1 N–H and O–H groups in total. The van der Waals surface area contributed by atoms with Gasteiger partial charge in [-0.25, -0.2) is 0 Å². The molecule has 0 unspecified atom stereocenters.